The number of hydrogen-bond donors (Lipinski definition) is 0. The highest BCUT2D eigenvalue weighted by molar-refractivity contribution is 7.89. The average Bonchev–Trinajstić information content (AvgIpc) is 2.57. The summed E-state index contributed by atoms with van der Waals surface area (Å²) in [5.41, 5.74) is 0. The van der Waals surface area contributed by atoms with Crippen LogP contribution >= 0.6 is 23.2 Å². The lowest BCUT2D eigenvalue weighted by Gasteiger charge is -2.34. The molecule has 1 fully saturated rings. The van der Waals surface area contributed by atoms with Gasteiger partial charge in [0.25, 0.3) is 0 Å². The zero-order chi connectivity index (χ0) is 19.5. The minimum atomic E-state index is -3.71. The van der Waals surface area contributed by atoms with Gasteiger partial charge in [-0.25, -0.2) is 21.1 Å². The number of piperazine rings is 1. The molecule has 0 saturated carbocycles. The van der Waals surface area contributed by atoms with Crippen LogP contribution in [0, 0.1) is 0 Å². The van der Waals surface area contributed by atoms with Crippen LogP contribution in [0.2, 0.25) is 10.0 Å². The van der Waals surface area contributed by atoms with Crippen molar-refractivity contribution in [1.82, 2.24) is 13.5 Å². The van der Waals surface area contributed by atoms with Crippen LogP contribution in [0.4, 0.5) is 0 Å². The van der Waals surface area contributed by atoms with E-state index < -0.39 is 20.0 Å². The Bertz CT molecular complexity index is 836. The van der Waals surface area contributed by atoms with Crippen LogP contribution in [-0.2, 0) is 20.0 Å². The second-order valence-corrected chi connectivity index (χ2v) is 11.3. The highest BCUT2D eigenvalue weighted by Crippen LogP contribution is 2.28. The molecule has 1 aliphatic heterocycles. The largest absolute Gasteiger partial charge is 0.301 e. The fourth-order valence-corrected chi connectivity index (χ4v) is 5.68. The Balaban J connectivity index is 1.93. The van der Waals surface area contributed by atoms with Crippen molar-refractivity contribution in [3.63, 3.8) is 0 Å². The Morgan fingerprint density at radius 2 is 1.65 bits per heavy atom. The molecule has 0 aliphatic carbocycles. The summed E-state index contributed by atoms with van der Waals surface area (Å²) in [5, 5.41) is 0.458. The number of rotatable bonds is 7. The normalized spacial score (nSPS) is 17.7. The first-order valence-electron chi connectivity index (χ1n) is 8.12. The van der Waals surface area contributed by atoms with Crippen molar-refractivity contribution in [2.75, 3.05) is 52.6 Å². The van der Waals surface area contributed by atoms with Crippen molar-refractivity contribution in [3.8, 4) is 0 Å². The second-order valence-electron chi connectivity index (χ2n) is 6.27. The van der Waals surface area contributed by atoms with E-state index in [1.54, 1.807) is 6.07 Å². The molecule has 1 aromatic rings. The van der Waals surface area contributed by atoms with E-state index in [0.29, 0.717) is 44.2 Å². The molecular weight excluding hydrogens is 421 g/mol. The van der Waals surface area contributed by atoms with E-state index in [2.05, 4.69) is 4.90 Å². The van der Waals surface area contributed by atoms with Crippen LogP contribution < -0.4 is 0 Å². The Morgan fingerprint density at radius 1 is 1.04 bits per heavy atom. The zero-order valence-electron chi connectivity index (χ0n) is 14.7. The summed E-state index contributed by atoms with van der Waals surface area (Å²) in [7, 11) is -3.88. The fourth-order valence-electron chi connectivity index (χ4n) is 2.66. The smallest absolute Gasteiger partial charge is 0.244 e. The zero-order valence-corrected chi connectivity index (χ0v) is 17.9. The molecule has 0 N–H and O–H groups in total. The van der Waals surface area contributed by atoms with Crippen molar-refractivity contribution >= 4 is 43.2 Å². The topological polar surface area (TPSA) is 78.0 Å². The molecule has 1 aromatic carbocycles. The highest BCUT2D eigenvalue weighted by Gasteiger charge is 2.30. The molecule has 0 amide bonds. The number of halogens is 2. The molecule has 26 heavy (non-hydrogen) atoms. The van der Waals surface area contributed by atoms with Crippen molar-refractivity contribution in [2.45, 2.75) is 11.3 Å². The maximum Gasteiger partial charge on any atom is 0.244 e. The molecule has 1 saturated heterocycles. The number of hydrogen-bond acceptors (Lipinski definition) is 5. The Morgan fingerprint density at radius 3 is 2.23 bits per heavy atom. The van der Waals surface area contributed by atoms with Crippen LogP contribution in [0.5, 0.6) is 0 Å². The third kappa shape index (κ3) is 5.31. The predicted molar refractivity (Wildman–Crippen MR) is 104 cm³/mol. The third-order valence-corrected chi connectivity index (χ3v) is 8.81. The minimum absolute atomic E-state index is 0.0113. The second kappa shape index (κ2) is 8.72. The molecule has 0 radical (unpaired) electrons. The van der Waals surface area contributed by atoms with Gasteiger partial charge in [-0.15, -0.1) is 0 Å². The summed E-state index contributed by atoms with van der Waals surface area (Å²) in [5.74, 6) is 0.0800. The molecule has 7 nitrogen and oxygen atoms in total. The van der Waals surface area contributed by atoms with E-state index in [4.69, 9.17) is 23.2 Å². The molecule has 0 atom stereocenters. The first-order valence-corrected chi connectivity index (χ1v) is 11.9. The van der Waals surface area contributed by atoms with E-state index in [9.17, 15) is 16.8 Å². The van der Waals surface area contributed by atoms with Gasteiger partial charge in [0.2, 0.25) is 20.0 Å². The summed E-state index contributed by atoms with van der Waals surface area (Å²) >= 11 is 11.9. The SMILES string of the molecule is CN(C)S(=O)(=O)CCCN1CCN(S(=O)(=O)c2cc(Cl)ccc2Cl)CC1. The summed E-state index contributed by atoms with van der Waals surface area (Å²) < 4.78 is 51.7. The summed E-state index contributed by atoms with van der Waals surface area (Å²) in [6.45, 7) is 2.34. The van der Waals surface area contributed by atoms with Gasteiger partial charge in [-0.3, -0.25) is 0 Å². The van der Waals surface area contributed by atoms with Gasteiger partial charge in [-0.2, -0.15) is 4.31 Å². The molecule has 0 spiro atoms. The van der Waals surface area contributed by atoms with E-state index >= 15 is 0 Å². The molecule has 0 unspecified atom stereocenters. The molecule has 1 aliphatic rings. The molecule has 148 valence electrons. The minimum Gasteiger partial charge on any atom is -0.301 e. The van der Waals surface area contributed by atoms with Crippen LogP contribution in [0.3, 0.4) is 0 Å². The Kier molecular flexibility index (Phi) is 7.34. The lowest BCUT2D eigenvalue weighted by Crippen LogP contribution is -2.49. The van der Waals surface area contributed by atoms with Crippen LogP contribution in [0.1, 0.15) is 6.42 Å². The van der Waals surface area contributed by atoms with Crippen LogP contribution in [0.25, 0.3) is 0 Å². The van der Waals surface area contributed by atoms with E-state index in [0.717, 1.165) is 0 Å². The maximum atomic E-state index is 12.8. The van der Waals surface area contributed by atoms with Gasteiger partial charge >= 0.3 is 0 Å². The van der Waals surface area contributed by atoms with Crippen molar-refractivity contribution < 1.29 is 16.8 Å². The van der Waals surface area contributed by atoms with Gasteiger partial charge in [0.1, 0.15) is 4.90 Å². The summed E-state index contributed by atoms with van der Waals surface area (Å²) in [4.78, 5) is 2.08. The van der Waals surface area contributed by atoms with Crippen molar-refractivity contribution in [2.24, 2.45) is 0 Å². The Labute approximate surface area is 165 Å². The molecule has 2 rings (SSSR count). The summed E-state index contributed by atoms with van der Waals surface area (Å²) in [6.07, 6.45) is 0.507. The predicted octanol–water partition coefficient (Wildman–Crippen LogP) is 1.58. The summed E-state index contributed by atoms with van der Waals surface area (Å²) in [6, 6.07) is 4.37. The molecule has 0 aromatic heterocycles. The fraction of sp³-hybridized carbons (Fsp3) is 0.600. The monoisotopic (exact) mass is 443 g/mol. The van der Waals surface area contributed by atoms with Gasteiger partial charge in [-0.05, 0) is 31.2 Å². The Hall–Kier alpha value is -0.420. The number of benzene rings is 1. The van der Waals surface area contributed by atoms with Gasteiger partial charge < -0.3 is 4.90 Å². The molecule has 11 heteroatoms. The number of nitrogens with zero attached hydrogens (tertiary/aromatic N) is 3. The molecule has 0 bridgehead atoms. The molecular formula is C15H23Cl2N3O4S2. The van der Waals surface area contributed by atoms with Gasteiger partial charge in [0.15, 0.2) is 0 Å². The van der Waals surface area contributed by atoms with Crippen LogP contribution in [0.15, 0.2) is 23.1 Å². The standard InChI is InChI=1S/C15H23Cl2N3O4S2/c1-18(2)25(21,22)11-3-6-19-7-9-20(10-8-19)26(23,24)15-12-13(16)4-5-14(15)17/h4-5,12H,3,6-11H2,1-2H3. The first kappa shape index (κ1) is 21.9. The van der Waals surface area contributed by atoms with Gasteiger partial charge in [-0.1, -0.05) is 23.2 Å². The third-order valence-electron chi connectivity index (χ3n) is 4.28. The highest BCUT2D eigenvalue weighted by atomic mass is 35.5. The van der Waals surface area contributed by atoms with Crippen LogP contribution in [-0.4, -0.2) is 82.9 Å². The van der Waals surface area contributed by atoms with E-state index in [1.807, 2.05) is 0 Å². The van der Waals surface area contributed by atoms with E-state index in [-0.39, 0.29) is 15.7 Å². The first-order chi connectivity index (χ1) is 12.0. The number of sulfonamides is 2. The average molecular weight is 444 g/mol. The lowest BCUT2D eigenvalue weighted by atomic mass is 10.3. The quantitative estimate of drug-likeness (QED) is 0.638. The molecule has 1 heterocycles. The van der Waals surface area contributed by atoms with Gasteiger partial charge in [0, 0.05) is 45.3 Å². The van der Waals surface area contributed by atoms with Crippen molar-refractivity contribution in [3.05, 3.63) is 28.2 Å². The van der Waals surface area contributed by atoms with Crippen molar-refractivity contribution in [1.29, 1.82) is 0 Å². The maximum absolute atomic E-state index is 12.8. The van der Waals surface area contributed by atoms with Gasteiger partial charge in [0.05, 0.1) is 10.8 Å². The van der Waals surface area contributed by atoms with E-state index in [1.165, 1.54) is 34.8 Å². The lowest BCUT2D eigenvalue weighted by molar-refractivity contribution is 0.189.